The SMILES string of the molecule is CCN(CC)C(=O)CN=C=S. The van der Waals surface area contributed by atoms with Crippen LogP contribution >= 0.6 is 12.2 Å². The van der Waals surface area contributed by atoms with Crippen molar-refractivity contribution in [3.8, 4) is 0 Å². The van der Waals surface area contributed by atoms with Gasteiger partial charge in [-0.3, -0.25) is 4.79 Å². The van der Waals surface area contributed by atoms with Crippen molar-refractivity contribution < 1.29 is 4.79 Å². The van der Waals surface area contributed by atoms with Crippen LogP contribution in [0, 0.1) is 0 Å². The Balaban J connectivity index is 3.88. The van der Waals surface area contributed by atoms with E-state index in [4.69, 9.17) is 0 Å². The number of likely N-dealkylation sites (N-methyl/N-ethyl adjacent to an activating group) is 1. The minimum Gasteiger partial charge on any atom is -0.342 e. The van der Waals surface area contributed by atoms with E-state index in [1.165, 1.54) is 0 Å². The summed E-state index contributed by atoms with van der Waals surface area (Å²) in [5.41, 5.74) is 0. The van der Waals surface area contributed by atoms with E-state index in [-0.39, 0.29) is 12.5 Å². The molecule has 0 aromatic carbocycles. The molecule has 0 fully saturated rings. The molecule has 11 heavy (non-hydrogen) atoms. The van der Waals surface area contributed by atoms with Crippen LogP contribution in [0.3, 0.4) is 0 Å². The molecular formula is C7H12N2OS. The van der Waals surface area contributed by atoms with Crippen LogP contribution in [0.15, 0.2) is 4.99 Å². The lowest BCUT2D eigenvalue weighted by Gasteiger charge is -2.16. The largest absolute Gasteiger partial charge is 0.342 e. The number of rotatable bonds is 4. The first-order valence-electron chi connectivity index (χ1n) is 3.57. The van der Waals surface area contributed by atoms with Gasteiger partial charge in [-0.25, -0.2) is 4.99 Å². The van der Waals surface area contributed by atoms with Crippen LogP contribution < -0.4 is 0 Å². The molecule has 62 valence electrons. The van der Waals surface area contributed by atoms with Gasteiger partial charge in [-0.05, 0) is 26.1 Å². The quantitative estimate of drug-likeness (QED) is 0.467. The van der Waals surface area contributed by atoms with Crippen LogP contribution in [0.1, 0.15) is 13.8 Å². The number of hydrogen-bond acceptors (Lipinski definition) is 3. The number of nitrogens with zero attached hydrogens (tertiary/aromatic N) is 2. The van der Waals surface area contributed by atoms with Gasteiger partial charge < -0.3 is 4.90 Å². The Morgan fingerprint density at radius 1 is 1.55 bits per heavy atom. The number of amides is 1. The second-order valence-electron chi connectivity index (χ2n) is 1.97. The van der Waals surface area contributed by atoms with Crippen LogP contribution in [0.5, 0.6) is 0 Å². The zero-order chi connectivity index (χ0) is 8.69. The molecule has 0 spiro atoms. The average Bonchev–Trinajstić information content (AvgIpc) is 2.03. The Morgan fingerprint density at radius 2 is 2.09 bits per heavy atom. The number of hydrogen-bond donors (Lipinski definition) is 0. The van der Waals surface area contributed by atoms with E-state index in [9.17, 15) is 4.79 Å². The van der Waals surface area contributed by atoms with Crippen molar-refractivity contribution in [2.75, 3.05) is 19.6 Å². The molecule has 0 rings (SSSR count). The van der Waals surface area contributed by atoms with Crippen LogP contribution in [0.25, 0.3) is 0 Å². The summed E-state index contributed by atoms with van der Waals surface area (Å²) in [5.74, 6) is 0.00681. The fraction of sp³-hybridized carbons (Fsp3) is 0.714. The maximum atomic E-state index is 11.1. The number of isothiocyanates is 1. The third kappa shape index (κ3) is 3.86. The van der Waals surface area contributed by atoms with E-state index in [1.54, 1.807) is 4.90 Å². The van der Waals surface area contributed by atoms with Gasteiger partial charge in [0.05, 0.1) is 5.16 Å². The van der Waals surface area contributed by atoms with Crippen molar-refractivity contribution in [3.63, 3.8) is 0 Å². The molecule has 0 bridgehead atoms. The minimum absolute atomic E-state index is 0.00681. The van der Waals surface area contributed by atoms with Gasteiger partial charge in [0.25, 0.3) is 0 Å². The van der Waals surface area contributed by atoms with Gasteiger partial charge in [-0.2, -0.15) is 0 Å². The summed E-state index contributed by atoms with van der Waals surface area (Å²) in [6.45, 7) is 5.45. The molecule has 0 heterocycles. The lowest BCUT2D eigenvalue weighted by atomic mass is 10.4. The molecule has 0 aliphatic carbocycles. The average molecular weight is 172 g/mol. The van der Waals surface area contributed by atoms with Gasteiger partial charge in [0, 0.05) is 13.1 Å². The summed E-state index contributed by atoms with van der Waals surface area (Å²) < 4.78 is 0. The number of thiocarbonyl (C=S) groups is 1. The Hall–Kier alpha value is -0.730. The maximum Gasteiger partial charge on any atom is 0.245 e. The predicted molar refractivity (Wildman–Crippen MR) is 47.8 cm³/mol. The molecular weight excluding hydrogens is 160 g/mol. The summed E-state index contributed by atoms with van der Waals surface area (Å²) in [5, 5.41) is 2.16. The van der Waals surface area contributed by atoms with E-state index in [0.717, 1.165) is 13.1 Å². The second kappa shape index (κ2) is 6.01. The van der Waals surface area contributed by atoms with Gasteiger partial charge in [0.15, 0.2) is 0 Å². The molecule has 0 aliphatic rings. The Morgan fingerprint density at radius 3 is 2.45 bits per heavy atom. The molecule has 1 amide bonds. The van der Waals surface area contributed by atoms with Crippen molar-refractivity contribution in [3.05, 3.63) is 0 Å². The van der Waals surface area contributed by atoms with Crippen molar-refractivity contribution in [2.24, 2.45) is 4.99 Å². The fourth-order valence-electron chi connectivity index (χ4n) is 0.776. The first-order chi connectivity index (χ1) is 5.26. The molecule has 0 aromatic heterocycles. The molecule has 0 aromatic rings. The zero-order valence-electron chi connectivity index (χ0n) is 6.83. The van der Waals surface area contributed by atoms with E-state index >= 15 is 0 Å². The molecule has 0 unspecified atom stereocenters. The van der Waals surface area contributed by atoms with Gasteiger partial charge in [-0.1, -0.05) is 0 Å². The van der Waals surface area contributed by atoms with Gasteiger partial charge >= 0.3 is 0 Å². The molecule has 3 nitrogen and oxygen atoms in total. The topological polar surface area (TPSA) is 32.7 Å². The van der Waals surface area contributed by atoms with E-state index in [0.29, 0.717) is 0 Å². The Bertz CT molecular complexity index is 171. The van der Waals surface area contributed by atoms with Crippen molar-refractivity contribution in [1.29, 1.82) is 0 Å². The number of aliphatic imine (C=N–C) groups is 1. The molecule has 0 aliphatic heterocycles. The highest BCUT2D eigenvalue weighted by Gasteiger charge is 2.06. The normalized spacial score (nSPS) is 8.55. The molecule has 0 saturated carbocycles. The maximum absolute atomic E-state index is 11.1. The van der Waals surface area contributed by atoms with Crippen LogP contribution in [0.2, 0.25) is 0 Å². The molecule has 0 saturated heterocycles. The number of carbonyl (C=O) groups excluding carboxylic acids is 1. The number of carbonyl (C=O) groups is 1. The van der Waals surface area contributed by atoms with Crippen molar-refractivity contribution in [2.45, 2.75) is 13.8 Å². The molecule has 0 atom stereocenters. The minimum atomic E-state index is 0.00681. The van der Waals surface area contributed by atoms with Crippen LogP contribution in [0.4, 0.5) is 0 Å². The monoisotopic (exact) mass is 172 g/mol. The predicted octanol–water partition coefficient (Wildman–Crippen LogP) is 0.958. The van der Waals surface area contributed by atoms with Crippen LogP contribution in [-0.4, -0.2) is 35.6 Å². The lowest BCUT2D eigenvalue weighted by molar-refractivity contribution is -0.129. The summed E-state index contributed by atoms with van der Waals surface area (Å²) >= 11 is 4.34. The molecule has 0 radical (unpaired) electrons. The first kappa shape index (κ1) is 10.3. The van der Waals surface area contributed by atoms with Gasteiger partial charge in [0.1, 0.15) is 6.54 Å². The van der Waals surface area contributed by atoms with Crippen molar-refractivity contribution in [1.82, 2.24) is 4.90 Å². The molecule has 0 N–H and O–H groups in total. The zero-order valence-corrected chi connectivity index (χ0v) is 7.65. The first-order valence-corrected chi connectivity index (χ1v) is 3.98. The summed E-state index contributed by atoms with van der Waals surface area (Å²) in [7, 11) is 0. The van der Waals surface area contributed by atoms with E-state index < -0.39 is 0 Å². The Labute approximate surface area is 72.1 Å². The third-order valence-corrected chi connectivity index (χ3v) is 1.52. The van der Waals surface area contributed by atoms with Gasteiger partial charge in [0.2, 0.25) is 5.91 Å². The van der Waals surface area contributed by atoms with Crippen LogP contribution in [-0.2, 0) is 4.79 Å². The standard InChI is InChI=1S/C7H12N2OS/c1-3-9(4-2)7(10)5-8-6-11/h3-5H2,1-2H3. The third-order valence-electron chi connectivity index (χ3n) is 1.40. The van der Waals surface area contributed by atoms with Crippen molar-refractivity contribution >= 4 is 23.3 Å². The lowest BCUT2D eigenvalue weighted by Crippen LogP contribution is -2.32. The highest BCUT2D eigenvalue weighted by molar-refractivity contribution is 7.78. The van der Waals surface area contributed by atoms with E-state index in [1.807, 2.05) is 13.8 Å². The molecule has 4 heteroatoms. The smallest absolute Gasteiger partial charge is 0.245 e. The fourth-order valence-corrected chi connectivity index (χ4v) is 0.841. The summed E-state index contributed by atoms with van der Waals surface area (Å²) in [6.07, 6.45) is 0. The summed E-state index contributed by atoms with van der Waals surface area (Å²) in [6, 6.07) is 0. The summed E-state index contributed by atoms with van der Waals surface area (Å²) in [4.78, 5) is 16.4. The Kier molecular flexibility index (Phi) is 5.61. The van der Waals surface area contributed by atoms with Gasteiger partial charge in [-0.15, -0.1) is 0 Å². The van der Waals surface area contributed by atoms with E-state index in [2.05, 4.69) is 22.4 Å². The highest BCUT2D eigenvalue weighted by atomic mass is 32.1. The second-order valence-corrected chi connectivity index (χ2v) is 2.16. The highest BCUT2D eigenvalue weighted by Crippen LogP contribution is 1.88.